The Morgan fingerprint density at radius 1 is 1.36 bits per heavy atom. The second-order valence-corrected chi connectivity index (χ2v) is 3.00. The van der Waals surface area contributed by atoms with E-state index in [0.717, 1.165) is 5.56 Å². The summed E-state index contributed by atoms with van der Waals surface area (Å²) < 4.78 is 0. The number of benzene rings is 1. The Bertz CT molecular complexity index is 443. The molecule has 0 aliphatic heterocycles. The summed E-state index contributed by atoms with van der Waals surface area (Å²) in [6.45, 7) is 0. The maximum Gasteiger partial charge on any atom is 0.293 e. The number of thiocarbonyl (C=S) groups is 1. The predicted molar refractivity (Wildman–Crippen MR) is 58.4 cm³/mol. The number of primary amides is 1. The first-order valence-electron chi connectivity index (χ1n) is 3.81. The molecule has 0 spiro atoms. The first-order valence-corrected chi connectivity index (χ1v) is 4.22. The minimum absolute atomic E-state index is 0.299. The maximum absolute atomic E-state index is 10.4. The van der Waals surface area contributed by atoms with Crippen molar-refractivity contribution in [3.8, 4) is 11.8 Å². The van der Waals surface area contributed by atoms with Crippen LogP contribution in [0.4, 0.5) is 0 Å². The summed E-state index contributed by atoms with van der Waals surface area (Å²) in [5.41, 5.74) is 11.7. The summed E-state index contributed by atoms with van der Waals surface area (Å²) in [6.07, 6.45) is 0. The van der Waals surface area contributed by atoms with Gasteiger partial charge in [0.05, 0.1) is 0 Å². The molecule has 3 nitrogen and oxygen atoms in total. The Morgan fingerprint density at radius 2 is 2.07 bits per heavy atom. The summed E-state index contributed by atoms with van der Waals surface area (Å²) in [7, 11) is 0. The van der Waals surface area contributed by atoms with Gasteiger partial charge in [0.1, 0.15) is 4.99 Å². The van der Waals surface area contributed by atoms with Gasteiger partial charge >= 0.3 is 0 Å². The van der Waals surface area contributed by atoms with Gasteiger partial charge in [-0.1, -0.05) is 30.3 Å². The van der Waals surface area contributed by atoms with Gasteiger partial charge in [-0.05, 0) is 18.1 Å². The number of amides is 1. The average molecular weight is 204 g/mol. The lowest BCUT2D eigenvalue weighted by atomic mass is 10.1. The predicted octanol–water partition coefficient (Wildman–Crippen LogP) is 0.158. The minimum atomic E-state index is -0.661. The zero-order valence-electron chi connectivity index (χ0n) is 7.28. The van der Waals surface area contributed by atoms with Crippen molar-refractivity contribution in [1.29, 1.82) is 0 Å². The van der Waals surface area contributed by atoms with E-state index in [1.54, 1.807) is 24.3 Å². The summed E-state index contributed by atoms with van der Waals surface area (Å²) >= 11 is 4.80. The molecule has 0 aromatic heterocycles. The van der Waals surface area contributed by atoms with E-state index in [9.17, 15) is 4.79 Å². The standard InChI is InChI=1S/C10H8N2OS/c11-9(13)5-4-7-2-1-3-8(6-7)10(12)14/h1-3,6H,(H2,11,13)(H2,12,14). The molecule has 1 rings (SSSR count). The zero-order valence-corrected chi connectivity index (χ0v) is 8.10. The molecule has 0 unspecified atom stereocenters. The molecular formula is C10H8N2OS. The molecule has 1 amide bonds. The van der Waals surface area contributed by atoms with E-state index in [1.807, 2.05) is 0 Å². The number of carbonyl (C=O) groups excluding carboxylic acids is 1. The molecular weight excluding hydrogens is 196 g/mol. The lowest BCUT2D eigenvalue weighted by molar-refractivity contribution is -0.112. The third-order valence-electron chi connectivity index (χ3n) is 1.48. The van der Waals surface area contributed by atoms with Crippen molar-refractivity contribution in [2.45, 2.75) is 0 Å². The number of carbonyl (C=O) groups is 1. The smallest absolute Gasteiger partial charge is 0.293 e. The molecule has 0 aliphatic rings. The fourth-order valence-corrected chi connectivity index (χ4v) is 1.01. The van der Waals surface area contributed by atoms with Crippen LogP contribution in [-0.2, 0) is 4.79 Å². The van der Waals surface area contributed by atoms with Gasteiger partial charge in [-0.25, -0.2) is 0 Å². The van der Waals surface area contributed by atoms with Gasteiger partial charge in [0.25, 0.3) is 5.91 Å². The van der Waals surface area contributed by atoms with Crippen LogP contribution in [-0.4, -0.2) is 10.9 Å². The Kier molecular flexibility index (Phi) is 3.21. The molecule has 1 aromatic rings. The third-order valence-corrected chi connectivity index (χ3v) is 1.71. The second kappa shape index (κ2) is 4.40. The molecule has 4 N–H and O–H groups in total. The van der Waals surface area contributed by atoms with Crippen molar-refractivity contribution in [1.82, 2.24) is 0 Å². The highest BCUT2D eigenvalue weighted by Crippen LogP contribution is 2.03. The molecule has 0 radical (unpaired) electrons. The molecule has 0 saturated heterocycles. The third kappa shape index (κ3) is 2.88. The van der Waals surface area contributed by atoms with Crippen molar-refractivity contribution in [3.63, 3.8) is 0 Å². The van der Waals surface area contributed by atoms with Gasteiger partial charge in [-0.3, -0.25) is 4.79 Å². The van der Waals surface area contributed by atoms with Crippen LogP contribution in [0.1, 0.15) is 11.1 Å². The molecule has 1 aromatic carbocycles. The quantitative estimate of drug-likeness (QED) is 0.505. The molecule has 0 saturated carbocycles. The Hall–Kier alpha value is -1.86. The van der Waals surface area contributed by atoms with E-state index in [1.165, 1.54) is 0 Å². The largest absolute Gasteiger partial charge is 0.389 e. The zero-order chi connectivity index (χ0) is 10.6. The van der Waals surface area contributed by atoms with Crippen molar-refractivity contribution in [2.75, 3.05) is 0 Å². The van der Waals surface area contributed by atoms with Crippen LogP contribution >= 0.6 is 12.2 Å². The highest BCUT2D eigenvalue weighted by molar-refractivity contribution is 7.80. The van der Waals surface area contributed by atoms with Gasteiger partial charge in [0.15, 0.2) is 0 Å². The fourth-order valence-electron chi connectivity index (χ4n) is 0.884. The Labute approximate surface area is 87.1 Å². The van der Waals surface area contributed by atoms with Gasteiger partial charge < -0.3 is 11.5 Å². The summed E-state index contributed by atoms with van der Waals surface area (Å²) in [5, 5.41) is 0. The van der Waals surface area contributed by atoms with Crippen LogP contribution in [0.15, 0.2) is 24.3 Å². The first-order chi connectivity index (χ1) is 6.59. The van der Waals surface area contributed by atoms with E-state index in [2.05, 4.69) is 11.8 Å². The van der Waals surface area contributed by atoms with Crippen molar-refractivity contribution < 1.29 is 4.79 Å². The van der Waals surface area contributed by atoms with Gasteiger partial charge in [-0.15, -0.1) is 0 Å². The molecule has 14 heavy (non-hydrogen) atoms. The lowest BCUT2D eigenvalue weighted by Gasteiger charge is -1.97. The molecule has 70 valence electrons. The normalized spacial score (nSPS) is 8.57. The van der Waals surface area contributed by atoms with Gasteiger partial charge in [0, 0.05) is 11.1 Å². The highest BCUT2D eigenvalue weighted by Gasteiger charge is 1.95. The van der Waals surface area contributed by atoms with Crippen LogP contribution in [0.2, 0.25) is 0 Å². The molecule has 0 aliphatic carbocycles. The molecule has 4 heteroatoms. The van der Waals surface area contributed by atoms with Crippen LogP contribution in [0, 0.1) is 11.8 Å². The number of rotatable bonds is 1. The highest BCUT2D eigenvalue weighted by atomic mass is 32.1. The summed E-state index contributed by atoms with van der Waals surface area (Å²) in [4.78, 5) is 10.7. The van der Waals surface area contributed by atoms with Crippen molar-refractivity contribution in [3.05, 3.63) is 35.4 Å². The molecule has 0 fully saturated rings. The summed E-state index contributed by atoms with van der Waals surface area (Å²) in [5.74, 6) is 4.17. The lowest BCUT2D eigenvalue weighted by Crippen LogP contribution is -2.09. The van der Waals surface area contributed by atoms with Crippen LogP contribution in [0.25, 0.3) is 0 Å². The Balaban J connectivity index is 3.02. The summed E-state index contributed by atoms with van der Waals surface area (Å²) in [6, 6.07) is 6.99. The molecule has 0 atom stereocenters. The first kappa shape index (κ1) is 10.2. The monoisotopic (exact) mass is 204 g/mol. The van der Waals surface area contributed by atoms with Crippen LogP contribution in [0.3, 0.4) is 0 Å². The molecule has 0 bridgehead atoms. The van der Waals surface area contributed by atoms with Gasteiger partial charge in [-0.2, -0.15) is 0 Å². The van der Waals surface area contributed by atoms with E-state index < -0.39 is 5.91 Å². The van der Waals surface area contributed by atoms with Crippen molar-refractivity contribution >= 4 is 23.1 Å². The fraction of sp³-hybridized carbons (Fsp3) is 0. The number of hydrogen-bond acceptors (Lipinski definition) is 2. The van der Waals surface area contributed by atoms with Gasteiger partial charge in [0.2, 0.25) is 0 Å². The average Bonchev–Trinajstić information content (AvgIpc) is 2.15. The molecule has 0 heterocycles. The van der Waals surface area contributed by atoms with E-state index in [0.29, 0.717) is 10.6 Å². The number of hydrogen-bond donors (Lipinski definition) is 2. The topological polar surface area (TPSA) is 69.1 Å². The van der Waals surface area contributed by atoms with E-state index >= 15 is 0 Å². The maximum atomic E-state index is 10.4. The van der Waals surface area contributed by atoms with E-state index in [-0.39, 0.29) is 0 Å². The van der Waals surface area contributed by atoms with Crippen molar-refractivity contribution in [2.24, 2.45) is 11.5 Å². The van der Waals surface area contributed by atoms with Crippen LogP contribution in [0.5, 0.6) is 0 Å². The SMILES string of the molecule is NC(=O)C#Cc1cccc(C(N)=S)c1. The van der Waals surface area contributed by atoms with E-state index in [4.69, 9.17) is 23.7 Å². The van der Waals surface area contributed by atoms with Crippen LogP contribution < -0.4 is 11.5 Å². The minimum Gasteiger partial charge on any atom is -0.389 e. The second-order valence-electron chi connectivity index (χ2n) is 2.56. The number of nitrogens with two attached hydrogens (primary N) is 2. The Morgan fingerprint density at radius 3 is 2.64 bits per heavy atom.